The van der Waals surface area contributed by atoms with E-state index in [1.54, 1.807) is 0 Å². The molecule has 0 amide bonds. The smallest absolute Gasteiger partial charge is 0.151 e. The molecular weight excluding hydrogens is 150 g/mol. The molecule has 0 saturated carbocycles. The minimum Gasteiger partial charge on any atom is -0.387 e. The highest BCUT2D eigenvalue weighted by Crippen LogP contribution is 1.98. The first-order valence-electron chi connectivity index (χ1n) is 3.33. The van der Waals surface area contributed by atoms with Gasteiger partial charge in [-0.15, -0.1) is 0 Å². The van der Waals surface area contributed by atoms with E-state index in [0.717, 1.165) is 0 Å². The van der Waals surface area contributed by atoms with E-state index in [1.807, 2.05) is 0 Å². The molecule has 0 spiro atoms. The van der Waals surface area contributed by atoms with Gasteiger partial charge in [0.15, 0.2) is 6.29 Å². The van der Waals surface area contributed by atoms with E-state index < -0.39 is 24.4 Å². The lowest BCUT2D eigenvalue weighted by Gasteiger charge is -2.19. The summed E-state index contributed by atoms with van der Waals surface area (Å²) in [6.07, 6.45) is -3.40. The Balaban J connectivity index is 4.00. The van der Waals surface area contributed by atoms with Crippen molar-refractivity contribution in [3.8, 4) is 0 Å². The summed E-state index contributed by atoms with van der Waals surface area (Å²) in [5.74, 6) is 0. The van der Waals surface area contributed by atoms with Crippen LogP contribution in [0.3, 0.4) is 0 Å². The van der Waals surface area contributed by atoms with E-state index in [2.05, 4.69) is 5.73 Å². The van der Waals surface area contributed by atoms with Crippen molar-refractivity contribution in [3.63, 3.8) is 0 Å². The predicted octanol–water partition coefficient (Wildman–Crippen LogP) is -3.10. The van der Waals surface area contributed by atoms with Gasteiger partial charge in [0.05, 0.1) is 0 Å². The molecule has 0 heterocycles. The van der Waals surface area contributed by atoms with Crippen LogP contribution >= 0.6 is 0 Å². The largest absolute Gasteiger partial charge is 0.387 e. The standard InChI is InChI=1S/C6H13NO4/c1-3(9)5(7)6(11)4(10)2-8/h2-6,9-11H,7H2,1H3/p+1/t3-,4-,5-,6-/m1/s1. The molecule has 0 bridgehead atoms. The summed E-state index contributed by atoms with van der Waals surface area (Å²) in [6.45, 7) is 1.43. The summed E-state index contributed by atoms with van der Waals surface area (Å²) in [6, 6.07) is -0.754. The van der Waals surface area contributed by atoms with Gasteiger partial charge in [-0.2, -0.15) is 0 Å². The lowest BCUT2D eigenvalue weighted by molar-refractivity contribution is -0.456. The second kappa shape index (κ2) is 4.40. The van der Waals surface area contributed by atoms with E-state index in [4.69, 9.17) is 15.3 Å². The molecular formula is C6H14NO4+. The van der Waals surface area contributed by atoms with E-state index in [0.29, 0.717) is 0 Å². The topological polar surface area (TPSA) is 105 Å². The Bertz CT molecular complexity index is 128. The van der Waals surface area contributed by atoms with Crippen LogP contribution in [0.2, 0.25) is 0 Å². The summed E-state index contributed by atoms with van der Waals surface area (Å²) < 4.78 is 0. The molecule has 5 nitrogen and oxygen atoms in total. The molecule has 0 aromatic heterocycles. The van der Waals surface area contributed by atoms with Gasteiger partial charge in [0.1, 0.15) is 24.4 Å². The van der Waals surface area contributed by atoms with E-state index in [9.17, 15) is 4.79 Å². The van der Waals surface area contributed by atoms with Crippen LogP contribution in [-0.4, -0.2) is 46.0 Å². The Labute approximate surface area is 64.4 Å². The first-order valence-corrected chi connectivity index (χ1v) is 3.33. The van der Waals surface area contributed by atoms with Crippen molar-refractivity contribution in [1.82, 2.24) is 0 Å². The third-order valence-electron chi connectivity index (χ3n) is 1.55. The molecule has 66 valence electrons. The van der Waals surface area contributed by atoms with Crippen molar-refractivity contribution in [2.45, 2.75) is 31.3 Å². The molecule has 4 atom stereocenters. The lowest BCUT2D eigenvalue weighted by atomic mass is 10.0. The molecule has 0 aliphatic carbocycles. The maximum atomic E-state index is 9.95. The Kier molecular flexibility index (Phi) is 4.20. The molecule has 0 rings (SSSR count). The van der Waals surface area contributed by atoms with Gasteiger partial charge in [0.25, 0.3) is 0 Å². The minimum absolute atomic E-state index is 0.214. The number of rotatable bonds is 4. The van der Waals surface area contributed by atoms with Crippen molar-refractivity contribution in [2.75, 3.05) is 0 Å². The Morgan fingerprint density at radius 2 is 1.82 bits per heavy atom. The van der Waals surface area contributed by atoms with E-state index >= 15 is 0 Å². The van der Waals surface area contributed by atoms with Crippen molar-refractivity contribution in [3.05, 3.63) is 0 Å². The molecule has 0 saturated heterocycles. The van der Waals surface area contributed by atoms with Crippen LogP contribution in [0.25, 0.3) is 0 Å². The highest BCUT2D eigenvalue weighted by atomic mass is 16.3. The number of carbonyl (C=O) groups is 1. The highest BCUT2D eigenvalue weighted by molar-refractivity contribution is 5.56. The number of hydrogen-bond donors (Lipinski definition) is 4. The molecule has 0 aromatic carbocycles. The van der Waals surface area contributed by atoms with Crippen LogP contribution in [0.4, 0.5) is 0 Å². The second-order valence-corrected chi connectivity index (χ2v) is 2.52. The zero-order valence-corrected chi connectivity index (χ0v) is 6.34. The van der Waals surface area contributed by atoms with Gasteiger partial charge in [-0.3, -0.25) is 0 Å². The first kappa shape index (κ1) is 10.5. The van der Waals surface area contributed by atoms with Gasteiger partial charge in [-0.1, -0.05) is 0 Å². The van der Waals surface area contributed by atoms with E-state index in [1.165, 1.54) is 6.92 Å². The predicted molar refractivity (Wildman–Crippen MR) is 36.4 cm³/mol. The van der Waals surface area contributed by atoms with Gasteiger partial charge in [0.2, 0.25) is 0 Å². The average molecular weight is 164 g/mol. The summed E-state index contributed by atoms with van der Waals surface area (Å²) in [7, 11) is 0. The molecule has 0 fully saturated rings. The SMILES string of the molecule is C[C@@H](O)[C@@H]([NH3+])[C@H](O)[C@H](O)C=O. The third-order valence-corrected chi connectivity index (χ3v) is 1.55. The molecule has 0 radical (unpaired) electrons. The summed E-state index contributed by atoms with van der Waals surface area (Å²) >= 11 is 0. The van der Waals surface area contributed by atoms with Crippen molar-refractivity contribution < 1.29 is 25.8 Å². The highest BCUT2D eigenvalue weighted by Gasteiger charge is 2.29. The zero-order chi connectivity index (χ0) is 9.02. The van der Waals surface area contributed by atoms with Gasteiger partial charge in [-0.25, -0.2) is 0 Å². The molecule has 11 heavy (non-hydrogen) atoms. The van der Waals surface area contributed by atoms with E-state index in [-0.39, 0.29) is 6.29 Å². The quantitative estimate of drug-likeness (QED) is 0.330. The van der Waals surface area contributed by atoms with Crippen LogP contribution < -0.4 is 5.73 Å². The fourth-order valence-corrected chi connectivity index (χ4v) is 0.619. The monoisotopic (exact) mass is 164 g/mol. The number of hydrogen-bond acceptors (Lipinski definition) is 4. The van der Waals surface area contributed by atoms with Gasteiger partial charge >= 0.3 is 0 Å². The maximum Gasteiger partial charge on any atom is 0.151 e. The third kappa shape index (κ3) is 2.94. The number of quaternary nitrogens is 1. The molecule has 0 aromatic rings. The fraction of sp³-hybridized carbons (Fsp3) is 0.833. The van der Waals surface area contributed by atoms with Crippen LogP contribution in [0, 0.1) is 0 Å². The van der Waals surface area contributed by atoms with Crippen molar-refractivity contribution in [1.29, 1.82) is 0 Å². The summed E-state index contributed by atoms with van der Waals surface area (Å²) in [5.41, 5.74) is 3.39. The zero-order valence-electron chi connectivity index (χ0n) is 6.34. The fourth-order valence-electron chi connectivity index (χ4n) is 0.619. The molecule has 0 unspecified atom stereocenters. The van der Waals surface area contributed by atoms with Gasteiger partial charge < -0.3 is 25.8 Å². The number of aliphatic hydroxyl groups is 3. The van der Waals surface area contributed by atoms with Crippen molar-refractivity contribution >= 4 is 6.29 Å². The lowest BCUT2D eigenvalue weighted by Crippen LogP contribution is -2.72. The van der Waals surface area contributed by atoms with Crippen LogP contribution in [0.15, 0.2) is 0 Å². The van der Waals surface area contributed by atoms with Gasteiger partial charge in [-0.05, 0) is 6.92 Å². The Hall–Kier alpha value is -0.490. The molecule has 5 heteroatoms. The number of aliphatic hydroxyl groups excluding tert-OH is 3. The summed E-state index contributed by atoms with van der Waals surface area (Å²) in [5, 5.41) is 26.7. The minimum atomic E-state index is -1.47. The normalized spacial score (nSPS) is 21.9. The van der Waals surface area contributed by atoms with Crippen molar-refractivity contribution in [2.24, 2.45) is 0 Å². The maximum absolute atomic E-state index is 9.95. The number of aldehydes is 1. The average Bonchev–Trinajstić information content (AvgIpc) is 2.00. The number of carbonyl (C=O) groups excluding carboxylic acids is 1. The van der Waals surface area contributed by atoms with Gasteiger partial charge in [0, 0.05) is 0 Å². The molecule has 6 N–H and O–H groups in total. The second-order valence-electron chi connectivity index (χ2n) is 2.52. The first-order chi connectivity index (χ1) is 5.00. The Morgan fingerprint density at radius 1 is 1.36 bits per heavy atom. The van der Waals surface area contributed by atoms with Crippen LogP contribution in [0.5, 0.6) is 0 Å². The molecule has 0 aliphatic rings. The van der Waals surface area contributed by atoms with Crippen LogP contribution in [-0.2, 0) is 4.79 Å². The molecule has 0 aliphatic heterocycles. The Morgan fingerprint density at radius 3 is 2.09 bits per heavy atom. The van der Waals surface area contributed by atoms with Crippen LogP contribution in [0.1, 0.15) is 6.92 Å². The summed E-state index contributed by atoms with van der Waals surface area (Å²) in [4.78, 5) is 9.95.